The Morgan fingerprint density at radius 1 is 0.909 bits per heavy atom. The van der Waals surface area contributed by atoms with Crippen molar-refractivity contribution in [3.63, 3.8) is 0 Å². The fourth-order valence-corrected chi connectivity index (χ4v) is 4.57. The minimum atomic E-state index is -1.10. The maximum absolute atomic E-state index is 13.2. The van der Waals surface area contributed by atoms with E-state index in [1.165, 1.54) is 0 Å². The number of hydrogen-bond acceptors (Lipinski definition) is 4. The summed E-state index contributed by atoms with van der Waals surface area (Å²) in [7, 11) is 0. The van der Waals surface area contributed by atoms with Crippen LogP contribution >= 0.6 is 0 Å². The summed E-state index contributed by atoms with van der Waals surface area (Å²) in [4.78, 5) is 52.1. The molecule has 1 saturated heterocycles. The van der Waals surface area contributed by atoms with Gasteiger partial charge < -0.3 is 10.6 Å². The molecule has 0 saturated carbocycles. The Balaban J connectivity index is 1.30. The van der Waals surface area contributed by atoms with Crippen LogP contribution in [-0.2, 0) is 21.5 Å². The van der Waals surface area contributed by atoms with Crippen molar-refractivity contribution in [3.8, 4) is 0 Å². The summed E-state index contributed by atoms with van der Waals surface area (Å²) in [5.41, 5.74) is 2.10. The van der Waals surface area contributed by atoms with Gasteiger partial charge in [-0.3, -0.25) is 19.3 Å². The summed E-state index contributed by atoms with van der Waals surface area (Å²) in [6.45, 7) is -0.411. The monoisotopic (exact) mass is 439 g/mol. The zero-order valence-corrected chi connectivity index (χ0v) is 17.7. The highest BCUT2D eigenvalue weighted by Crippen LogP contribution is 2.41. The summed E-state index contributed by atoms with van der Waals surface area (Å²) in [6, 6.07) is 22.4. The number of anilines is 1. The van der Waals surface area contributed by atoms with E-state index in [1.54, 1.807) is 48.5 Å². The van der Waals surface area contributed by atoms with Crippen LogP contribution in [0.25, 0.3) is 0 Å². The van der Waals surface area contributed by atoms with Gasteiger partial charge in [-0.2, -0.15) is 0 Å². The number of aryl methyl sites for hydroxylation is 1. The lowest BCUT2D eigenvalue weighted by molar-refractivity contribution is -0.134. The Labute approximate surface area is 190 Å². The second-order valence-electron chi connectivity index (χ2n) is 8.21. The molecule has 7 nitrogen and oxygen atoms in total. The summed E-state index contributed by atoms with van der Waals surface area (Å²) in [6.07, 6.45) is 1.16. The third-order valence-corrected chi connectivity index (χ3v) is 6.17. The first-order chi connectivity index (χ1) is 16.0. The van der Waals surface area contributed by atoms with Gasteiger partial charge in [-0.25, -0.2) is 4.79 Å². The van der Waals surface area contributed by atoms with E-state index >= 15 is 0 Å². The molecule has 1 unspecified atom stereocenters. The van der Waals surface area contributed by atoms with Gasteiger partial charge in [0.2, 0.25) is 5.91 Å². The summed E-state index contributed by atoms with van der Waals surface area (Å²) in [5, 5.41) is 5.50. The highest BCUT2D eigenvalue weighted by Gasteiger charge is 2.55. The molecule has 1 aliphatic heterocycles. The molecule has 4 amide bonds. The second-order valence-corrected chi connectivity index (χ2v) is 8.21. The van der Waals surface area contributed by atoms with Gasteiger partial charge in [0.1, 0.15) is 12.1 Å². The van der Waals surface area contributed by atoms with Gasteiger partial charge in [0.15, 0.2) is 5.78 Å². The molecule has 0 aromatic heterocycles. The lowest BCUT2D eigenvalue weighted by Crippen LogP contribution is -2.43. The molecule has 2 aliphatic rings. The Morgan fingerprint density at radius 2 is 1.64 bits per heavy atom. The molecule has 1 fully saturated rings. The predicted octanol–water partition coefficient (Wildman–Crippen LogP) is 3.25. The predicted molar refractivity (Wildman–Crippen MR) is 122 cm³/mol. The smallest absolute Gasteiger partial charge is 0.325 e. The van der Waals surface area contributed by atoms with Crippen molar-refractivity contribution in [3.05, 3.63) is 101 Å². The van der Waals surface area contributed by atoms with Crippen LogP contribution in [0.2, 0.25) is 0 Å². The quantitative estimate of drug-likeness (QED) is 0.471. The van der Waals surface area contributed by atoms with Crippen molar-refractivity contribution in [2.45, 2.75) is 18.4 Å². The third kappa shape index (κ3) is 3.57. The number of urea groups is 1. The normalized spacial score (nSPS) is 18.8. The number of ketones is 1. The van der Waals surface area contributed by atoms with Crippen molar-refractivity contribution in [2.24, 2.45) is 0 Å². The van der Waals surface area contributed by atoms with E-state index in [0.29, 0.717) is 29.7 Å². The molecule has 1 aliphatic carbocycles. The van der Waals surface area contributed by atoms with Gasteiger partial charge in [0.25, 0.3) is 5.91 Å². The molecule has 0 bridgehead atoms. The second kappa shape index (κ2) is 8.02. The zero-order chi connectivity index (χ0) is 23.0. The number of nitrogens with one attached hydrogen (secondary N) is 2. The topological polar surface area (TPSA) is 95.6 Å². The average molecular weight is 439 g/mol. The zero-order valence-electron chi connectivity index (χ0n) is 17.7. The van der Waals surface area contributed by atoms with Gasteiger partial charge in [-0.05, 0) is 36.1 Å². The number of fused-ring (bicyclic) bond motifs is 2. The molecule has 0 radical (unpaired) electrons. The van der Waals surface area contributed by atoms with E-state index in [1.807, 2.05) is 30.3 Å². The number of hydrogen-bond donors (Lipinski definition) is 2. The Bertz CT molecular complexity index is 1290. The largest absolute Gasteiger partial charge is 0.325 e. The number of amides is 4. The molecule has 1 atom stereocenters. The molecular formula is C26H21N3O4. The highest BCUT2D eigenvalue weighted by molar-refractivity contribution is 6.12. The molecule has 3 aromatic carbocycles. The molecule has 3 aromatic rings. The van der Waals surface area contributed by atoms with Crippen molar-refractivity contribution in [1.29, 1.82) is 0 Å². The van der Waals surface area contributed by atoms with Crippen LogP contribution in [0.4, 0.5) is 10.5 Å². The van der Waals surface area contributed by atoms with Crippen LogP contribution in [0.3, 0.4) is 0 Å². The van der Waals surface area contributed by atoms with E-state index in [-0.39, 0.29) is 5.78 Å². The minimum Gasteiger partial charge on any atom is -0.325 e. The summed E-state index contributed by atoms with van der Waals surface area (Å²) < 4.78 is 0. The summed E-state index contributed by atoms with van der Waals surface area (Å²) in [5.74, 6) is -1.10. The van der Waals surface area contributed by atoms with Crippen molar-refractivity contribution in [2.75, 3.05) is 11.9 Å². The Kier molecular flexibility index (Phi) is 5.01. The highest BCUT2D eigenvalue weighted by atomic mass is 16.2. The van der Waals surface area contributed by atoms with E-state index in [4.69, 9.17) is 0 Å². The molecule has 164 valence electrons. The molecule has 7 heteroatoms. The van der Waals surface area contributed by atoms with E-state index < -0.39 is 29.9 Å². The third-order valence-electron chi connectivity index (χ3n) is 6.17. The fraction of sp³-hybridized carbons (Fsp3) is 0.154. The molecule has 1 spiro atoms. The Morgan fingerprint density at radius 3 is 2.45 bits per heavy atom. The lowest BCUT2D eigenvalue weighted by Gasteiger charge is -2.22. The van der Waals surface area contributed by atoms with Crippen LogP contribution in [-0.4, -0.2) is 35.1 Å². The van der Waals surface area contributed by atoms with E-state index in [0.717, 1.165) is 16.0 Å². The molecule has 1 heterocycles. The van der Waals surface area contributed by atoms with Crippen LogP contribution in [0.1, 0.15) is 33.5 Å². The van der Waals surface area contributed by atoms with Crippen LogP contribution in [0.5, 0.6) is 0 Å². The van der Waals surface area contributed by atoms with Crippen LogP contribution in [0.15, 0.2) is 78.9 Å². The standard InChI is InChI=1S/C26H21N3O4/c30-22(27-20-11-6-10-19(15-20)23(31)18-8-2-1-3-9-18)16-29-24(32)26(28-25(29)33)14-13-17-7-4-5-12-21(17)26/h1-12,15H,13-14,16H2,(H,27,30)(H,28,33). The van der Waals surface area contributed by atoms with Crippen molar-refractivity contribution < 1.29 is 19.2 Å². The van der Waals surface area contributed by atoms with E-state index in [2.05, 4.69) is 10.6 Å². The average Bonchev–Trinajstić information content (AvgIpc) is 3.32. The van der Waals surface area contributed by atoms with E-state index in [9.17, 15) is 19.2 Å². The van der Waals surface area contributed by atoms with Crippen molar-refractivity contribution >= 4 is 29.3 Å². The minimum absolute atomic E-state index is 0.164. The Hall–Kier alpha value is -4.26. The first-order valence-electron chi connectivity index (χ1n) is 10.7. The lowest BCUT2D eigenvalue weighted by atomic mass is 9.92. The van der Waals surface area contributed by atoms with Crippen LogP contribution < -0.4 is 10.6 Å². The molecule has 2 N–H and O–H groups in total. The fourth-order valence-electron chi connectivity index (χ4n) is 4.57. The SMILES string of the molecule is O=C(CN1C(=O)NC2(CCc3ccccc32)C1=O)Nc1cccc(C(=O)c2ccccc2)c1. The number of rotatable bonds is 5. The van der Waals surface area contributed by atoms with Crippen LogP contribution in [0, 0.1) is 0 Å². The van der Waals surface area contributed by atoms with Gasteiger partial charge in [0.05, 0.1) is 0 Å². The first kappa shape index (κ1) is 20.6. The van der Waals surface area contributed by atoms with Gasteiger partial charge in [-0.15, -0.1) is 0 Å². The maximum Gasteiger partial charge on any atom is 0.325 e. The number of nitrogens with zero attached hydrogens (tertiary/aromatic N) is 1. The van der Waals surface area contributed by atoms with Gasteiger partial charge in [-0.1, -0.05) is 66.7 Å². The molecule has 33 heavy (non-hydrogen) atoms. The maximum atomic E-state index is 13.2. The molecular weight excluding hydrogens is 418 g/mol. The number of carbonyl (C=O) groups is 4. The number of carbonyl (C=O) groups excluding carboxylic acids is 4. The van der Waals surface area contributed by atoms with Gasteiger partial charge >= 0.3 is 6.03 Å². The molecule has 5 rings (SSSR count). The summed E-state index contributed by atoms with van der Waals surface area (Å²) >= 11 is 0. The van der Waals surface area contributed by atoms with Crippen molar-refractivity contribution in [1.82, 2.24) is 10.2 Å². The first-order valence-corrected chi connectivity index (χ1v) is 10.7. The number of benzene rings is 3. The van der Waals surface area contributed by atoms with Gasteiger partial charge in [0, 0.05) is 16.8 Å². The number of imide groups is 1.